The van der Waals surface area contributed by atoms with Crippen molar-refractivity contribution in [3.63, 3.8) is 0 Å². The minimum atomic E-state index is -1.17. The van der Waals surface area contributed by atoms with E-state index in [-0.39, 0.29) is 17.0 Å². The highest BCUT2D eigenvalue weighted by Gasteiger charge is 2.34. The molecule has 0 heterocycles. The van der Waals surface area contributed by atoms with Gasteiger partial charge in [0.15, 0.2) is 11.6 Å². The van der Waals surface area contributed by atoms with Crippen molar-refractivity contribution in [2.24, 2.45) is 5.92 Å². The molecule has 0 bridgehead atoms. The summed E-state index contributed by atoms with van der Waals surface area (Å²) in [7, 11) is 0. The zero-order chi connectivity index (χ0) is 10.5. The lowest BCUT2D eigenvalue weighted by Crippen LogP contribution is -1.99. The topological polar surface area (TPSA) is 0 Å². The summed E-state index contributed by atoms with van der Waals surface area (Å²) in [6.45, 7) is 1.79. The Hall–Kier alpha value is -0.700. The number of hydrogen-bond donors (Lipinski definition) is 0. The molecule has 0 saturated carbocycles. The molecule has 0 fully saturated rings. The van der Waals surface area contributed by atoms with Crippen molar-refractivity contribution < 1.29 is 13.2 Å². The van der Waals surface area contributed by atoms with Crippen LogP contribution in [0.4, 0.5) is 13.2 Å². The van der Waals surface area contributed by atoms with Gasteiger partial charge in [-0.25, -0.2) is 13.2 Å². The van der Waals surface area contributed by atoms with Crippen LogP contribution in [0.15, 0.2) is 6.07 Å². The lowest BCUT2D eigenvalue weighted by atomic mass is 10.1. The summed E-state index contributed by atoms with van der Waals surface area (Å²) in [6.07, 6.45) is 0.368. The van der Waals surface area contributed by atoms with Crippen LogP contribution in [0.2, 0.25) is 0 Å². The van der Waals surface area contributed by atoms with E-state index in [1.54, 1.807) is 6.92 Å². The third kappa shape index (κ3) is 1.22. The van der Waals surface area contributed by atoms with Crippen molar-refractivity contribution in [1.29, 1.82) is 0 Å². The highest BCUT2D eigenvalue weighted by atomic mass is 35.5. The summed E-state index contributed by atoms with van der Waals surface area (Å²) in [6, 6.07) is 0.579. The molecule has 2 atom stereocenters. The molecule has 0 aliphatic heterocycles. The maximum Gasteiger partial charge on any atom is 0.164 e. The molecule has 1 aromatic carbocycles. The molecule has 1 aliphatic rings. The van der Waals surface area contributed by atoms with Gasteiger partial charge in [0.1, 0.15) is 5.82 Å². The van der Waals surface area contributed by atoms with Gasteiger partial charge in [0, 0.05) is 11.6 Å². The van der Waals surface area contributed by atoms with Crippen LogP contribution in [-0.4, -0.2) is 0 Å². The largest absolute Gasteiger partial charge is 0.207 e. The minimum absolute atomic E-state index is 0.00309. The van der Waals surface area contributed by atoms with E-state index in [9.17, 15) is 13.2 Å². The molecule has 0 amide bonds. The molecule has 1 aliphatic carbocycles. The monoisotopic (exact) mass is 220 g/mol. The average molecular weight is 221 g/mol. The normalized spacial score (nSPS) is 25.2. The van der Waals surface area contributed by atoms with Gasteiger partial charge in [-0.1, -0.05) is 6.92 Å². The SMILES string of the molecule is CC1Cc2c(F)cc(F)c(F)c2C1Cl. The molecule has 14 heavy (non-hydrogen) atoms. The molecule has 2 unspecified atom stereocenters. The first-order valence-corrected chi connectivity index (χ1v) is 4.76. The number of hydrogen-bond acceptors (Lipinski definition) is 0. The smallest absolute Gasteiger partial charge is 0.164 e. The van der Waals surface area contributed by atoms with Gasteiger partial charge in [-0.15, -0.1) is 11.6 Å². The molecule has 76 valence electrons. The summed E-state index contributed by atoms with van der Waals surface area (Å²) >= 11 is 5.87. The summed E-state index contributed by atoms with van der Waals surface area (Å²) in [4.78, 5) is 0. The molecule has 0 saturated heterocycles. The van der Waals surface area contributed by atoms with E-state index in [0.29, 0.717) is 12.5 Å². The molecular formula is C10H8ClF3. The molecule has 0 radical (unpaired) electrons. The number of rotatable bonds is 0. The van der Waals surface area contributed by atoms with Crippen molar-refractivity contribution >= 4 is 11.6 Å². The average Bonchev–Trinajstić information content (AvgIpc) is 2.41. The molecule has 0 spiro atoms. The fourth-order valence-electron chi connectivity index (χ4n) is 1.86. The Morgan fingerprint density at radius 2 is 1.93 bits per heavy atom. The summed E-state index contributed by atoms with van der Waals surface area (Å²) in [5.74, 6) is -2.93. The molecule has 2 rings (SSSR count). The van der Waals surface area contributed by atoms with Crippen LogP contribution < -0.4 is 0 Å². The van der Waals surface area contributed by atoms with Gasteiger partial charge in [-0.3, -0.25) is 0 Å². The fourth-order valence-corrected chi connectivity index (χ4v) is 2.17. The van der Waals surface area contributed by atoms with Crippen molar-refractivity contribution in [2.75, 3.05) is 0 Å². The predicted molar refractivity (Wildman–Crippen MR) is 47.8 cm³/mol. The minimum Gasteiger partial charge on any atom is -0.207 e. The third-order valence-corrected chi connectivity index (χ3v) is 3.26. The van der Waals surface area contributed by atoms with Crippen molar-refractivity contribution in [3.8, 4) is 0 Å². The van der Waals surface area contributed by atoms with E-state index in [0.717, 1.165) is 0 Å². The van der Waals surface area contributed by atoms with E-state index < -0.39 is 22.8 Å². The highest BCUT2D eigenvalue weighted by Crippen LogP contribution is 2.43. The first-order valence-electron chi connectivity index (χ1n) is 4.32. The number of alkyl halides is 1. The number of benzene rings is 1. The van der Waals surface area contributed by atoms with Crippen molar-refractivity contribution in [2.45, 2.75) is 18.7 Å². The van der Waals surface area contributed by atoms with Crippen LogP contribution in [0, 0.1) is 23.4 Å². The second-order valence-corrected chi connectivity index (χ2v) is 4.10. The fraction of sp³-hybridized carbons (Fsp3) is 0.400. The third-order valence-electron chi connectivity index (χ3n) is 2.61. The van der Waals surface area contributed by atoms with Crippen LogP contribution >= 0.6 is 11.6 Å². The van der Waals surface area contributed by atoms with E-state index in [1.165, 1.54) is 0 Å². The maximum absolute atomic E-state index is 13.3. The first-order chi connectivity index (χ1) is 6.52. The number of halogens is 4. The van der Waals surface area contributed by atoms with E-state index in [4.69, 9.17) is 11.6 Å². The lowest BCUT2D eigenvalue weighted by molar-refractivity contribution is 0.483. The molecule has 0 N–H and O–H groups in total. The molecule has 4 heteroatoms. The Kier molecular flexibility index (Phi) is 2.22. The Labute approximate surface area is 84.7 Å². The Morgan fingerprint density at radius 3 is 2.57 bits per heavy atom. The quantitative estimate of drug-likeness (QED) is 0.463. The van der Waals surface area contributed by atoms with Gasteiger partial charge in [-0.05, 0) is 17.9 Å². The van der Waals surface area contributed by atoms with Crippen molar-refractivity contribution in [3.05, 3.63) is 34.6 Å². The second-order valence-electron chi connectivity index (χ2n) is 3.63. The summed E-state index contributed by atoms with van der Waals surface area (Å²) < 4.78 is 39.4. The van der Waals surface area contributed by atoms with Crippen LogP contribution in [0.5, 0.6) is 0 Å². The van der Waals surface area contributed by atoms with Gasteiger partial charge in [0.2, 0.25) is 0 Å². The Bertz CT molecular complexity index is 389. The van der Waals surface area contributed by atoms with Gasteiger partial charge in [-0.2, -0.15) is 0 Å². The first kappa shape index (κ1) is 9.84. The van der Waals surface area contributed by atoms with E-state index in [2.05, 4.69) is 0 Å². The van der Waals surface area contributed by atoms with Crippen LogP contribution in [0.1, 0.15) is 23.4 Å². The van der Waals surface area contributed by atoms with E-state index in [1.807, 2.05) is 0 Å². The lowest BCUT2D eigenvalue weighted by Gasteiger charge is -2.08. The van der Waals surface area contributed by atoms with Crippen LogP contribution in [0.3, 0.4) is 0 Å². The highest BCUT2D eigenvalue weighted by molar-refractivity contribution is 6.21. The van der Waals surface area contributed by atoms with Crippen molar-refractivity contribution in [1.82, 2.24) is 0 Å². The van der Waals surface area contributed by atoms with Gasteiger partial charge < -0.3 is 0 Å². The Morgan fingerprint density at radius 1 is 1.29 bits per heavy atom. The molecule has 0 aromatic heterocycles. The van der Waals surface area contributed by atoms with Gasteiger partial charge in [0.25, 0.3) is 0 Å². The number of fused-ring (bicyclic) bond motifs is 1. The molecule has 0 nitrogen and oxygen atoms in total. The zero-order valence-corrected chi connectivity index (χ0v) is 8.21. The van der Waals surface area contributed by atoms with E-state index >= 15 is 0 Å². The predicted octanol–water partition coefficient (Wildman–Crippen LogP) is 3.58. The summed E-state index contributed by atoms with van der Waals surface area (Å²) in [5, 5.41) is -0.629. The van der Waals surface area contributed by atoms with Gasteiger partial charge in [0.05, 0.1) is 5.38 Å². The van der Waals surface area contributed by atoms with Crippen LogP contribution in [0.25, 0.3) is 0 Å². The zero-order valence-electron chi connectivity index (χ0n) is 7.45. The second kappa shape index (κ2) is 3.16. The summed E-state index contributed by atoms with van der Waals surface area (Å²) in [5.41, 5.74) is 0.216. The standard InChI is InChI=1S/C10H8ClF3/c1-4-2-5-6(12)3-7(13)10(14)8(5)9(4)11/h3-4,9H,2H2,1H3. The Balaban J connectivity index is 2.67. The molecule has 1 aromatic rings. The van der Waals surface area contributed by atoms with Gasteiger partial charge >= 0.3 is 0 Å². The maximum atomic E-state index is 13.3. The molecular weight excluding hydrogens is 213 g/mol. The van der Waals surface area contributed by atoms with Crippen LogP contribution in [-0.2, 0) is 6.42 Å².